The van der Waals surface area contributed by atoms with Crippen molar-refractivity contribution in [2.75, 3.05) is 24.2 Å². The SMILES string of the molecule is Cc1cccc(C)c1N(CC(=O)N(C)Cc1ccccc1)S(C)(=O)=O. The summed E-state index contributed by atoms with van der Waals surface area (Å²) in [7, 11) is -1.90. The van der Waals surface area contributed by atoms with Crippen molar-refractivity contribution in [1.29, 1.82) is 0 Å². The fourth-order valence-electron chi connectivity index (χ4n) is 2.75. The summed E-state index contributed by atoms with van der Waals surface area (Å²) in [6.45, 7) is 3.91. The molecule has 0 spiro atoms. The minimum absolute atomic E-state index is 0.214. The van der Waals surface area contributed by atoms with E-state index in [-0.39, 0.29) is 12.5 Å². The van der Waals surface area contributed by atoms with Crippen LogP contribution in [0.5, 0.6) is 0 Å². The van der Waals surface area contributed by atoms with Crippen LogP contribution >= 0.6 is 0 Å². The lowest BCUT2D eigenvalue weighted by atomic mass is 10.1. The molecule has 0 saturated heterocycles. The minimum Gasteiger partial charge on any atom is -0.340 e. The van der Waals surface area contributed by atoms with Gasteiger partial charge in [0.1, 0.15) is 6.54 Å². The van der Waals surface area contributed by atoms with Gasteiger partial charge in [-0.1, -0.05) is 48.5 Å². The Hall–Kier alpha value is -2.34. The number of benzene rings is 2. The highest BCUT2D eigenvalue weighted by molar-refractivity contribution is 7.92. The van der Waals surface area contributed by atoms with E-state index in [9.17, 15) is 13.2 Å². The summed E-state index contributed by atoms with van der Waals surface area (Å²) in [4.78, 5) is 14.2. The number of sulfonamides is 1. The monoisotopic (exact) mass is 360 g/mol. The molecule has 0 aliphatic heterocycles. The van der Waals surface area contributed by atoms with Gasteiger partial charge in [0.2, 0.25) is 15.9 Å². The van der Waals surface area contributed by atoms with Gasteiger partial charge < -0.3 is 4.90 Å². The van der Waals surface area contributed by atoms with Gasteiger partial charge in [0.15, 0.2) is 0 Å². The first-order valence-corrected chi connectivity index (χ1v) is 9.87. The smallest absolute Gasteiger partial charge is 0.243 e. The Morgan fingerprint density at radius 1 is 0.960 bits per heavy atom. The maximum Gasteiger partial charge on any atom is 0.243 e. The molecular formula is C19H24N2O3S. The number of nitrogens with zero attached hydrogens (tertiary/aromatic N) is 2. The number of rotatable bonds is 6. The van der Waals surface area contributed by atoms with Crippen LogP contribution in [0.2, 0.25) is 0 Å². The number of amides is 1. The van der Waals surface area contributed by atoms with E-state index in [4.69, 9.17) is 0 Å². The van der Waals surface area contributed by atoms with E-state index < -0.39 is 10.0 Å². The Labute approximate surface area is 149 Å². The fourth-order valence-corrected chi connectivity index (χ4v) is 3.71. The normalized spacial score (nSPS) is 11.2. The molecule has 2 rings (SSSR count). The molecule has 25 heavy (non-hydrogen) atoms. The molecule has 2 aromatic carbocycles. The fraction of sp³-hybridized carbons (Fsp3) is 0.316. The third-order valence-corrected chi connectivity index (χ3v) is 5.17. The number of likely N-dealkylation sites (N-methyl/N-ethyl adjacent to an activating group) is 1. The summed E-state index contributed by atoms with van der Waals surface area (Å²) in [5.41, 5.74) is 3.22. The van der Waals surface area contributed by atoms with Crippen molar-refractivity contribution in [3.05, 3.63) is 65.2 Å². The van der Waals surface area contributed by atoms with E-state index in [1.807, 2.05) is 62.4 Å². The second kappa shape index (κ2) is 7.70. The molecule has 0 aliphatic carbocycles. The lowest BCUT2D eigenvalue weighted by molar-refractivity contribution is -0.128. The minimum atomic E-state index is -3.58. The molecule has 6 heteroatoms. The highest BCUT2D eigenvalue weighted by atomic mass is 32.2. The standard InChI is InChI=1S/C19H24N2O3S/c1-15-9-8-10-16(2)19(15)21(25(4,23)24)14-18(22)20(3)13-17-11-6-5-7-12-17/h5-12H,13-14H2,1-4H3. The summed E-state index contributed by atoms with van der Waals surface area (Å²) in [5, 5.41) is 0. The lowest BCUT2D eigenvalue weighted by Crippen LogP contribution is -2.41. The summed E-state index contributed by atoms with van der Waals surface area (Å²) in [6, 6.07) is 15.2. The molecule has 0 radical (unpaired) electrons. The molecule has 0 aliphatic rings. The predicted molar refractivity (Wildman–Crippen MR) is 101 cm³/mol. The van der Waals surface area contributed by atoms with Crippen molar-refractivity contribution in [2.45, 2.75) is 20.4 Å². The zero-order valence-corrected chi connectivity index (χ0v) is 15.9. The quantitative estimate of drug-likeness (QED) is 0.796. The topological polar surface area (TPSA) is 57.7 Å². The van der Waals surface area contributed by atoms with Crippen molar-refractivity contribution in [1.82, 2.24) is 4.90 Å². The zero-order valence-electron chi connectivity index (χ0n) is 15.1. The van der Waals surface area contributed by atoms with Crippen LogP contribution in [-0.4, -0.2) is 39.1 Å². The van der Waals surface area contributed by atoms with Crippen LogP contribution in [0, 0.1) is 13.8 Å². The summed E-state index contributed by atoms with van der Waals surface area (Å²) in [5.74, 6) is -0.253. The molecule has 0 bridgehead atoms. The molecule has 1 amide bonds. The number of carbonyl (C=O) groups excluding carboxylic acids is 1. The second-order valence-corrected chi connectivity index (χ2v) is 8.15. The lowest BCUT2D eigenvalue weighted by Gasteiger charge is -2.27. The molecule has 0 heterocycles. The number of anilines is 1. The zero-order chi connectivity index (χ0) is 18.6. The third-order valence-electron chi connectivity index (χ3n) is 4.06. The Kier molecular flexibility index (Phi) is 5.85. The third kappa shape index (κ3) is 4.82. The molecule has 0 fully saturated rings. The number of hydrogen-bond donors (Lipinski definition) is 0. The predicted octanol–water partition coefficient (Wildman–Crippen LogP) is 2.73. The first-order chi connectivity index (χ1) is 11.7. The average Bonchev–Trinajstić information content (AvgIpc) is 2.53. The summed E-state index contributed by atoms with van der Waals surface area (Å²) >= 11 is 0. The van der Waals surface area contributed by atoms with E-state index in [0.29, 0.717) is 12.2 Å². The second-order valence-electron chi connectivity index (χ2n) is 6.25. The van der Waals surface area contributed by atoms with Gasteiger partial charge in [-0.05, 0) is 30.5 Å². The van der Waals surface area contributed by atoms with E-state index in [2.05, 4.69) is 0 Å². The number of para-hydroxylation sites is 1. The van der Waals surface area contributed by atoms with E-state index >= 15 is 0 Å². The Bertz CT molecular complexity index is 828. The molecule has 0 saturated carbocycles. The Morgan fingerprint density at radius 3 is 2.04 bits per heavy atom. The first kappa shape index (κ1) is 19.0. The van der Waals surface area contributed by atoms with Gasteiger partial charge in [-0.25, -0.2) is 8.42 Å². The average molecular weight is 360 g/mol. The van der Waals surface area contributed by atoms with E-state index in [1.54, 1.807) is 11.9 Å². The number of aryl methyl sites for hydroxylation is 2. The summed E-state index contributed by atoms with van der Waals surface area (Å²) in [6.07, 6.45) is 1.13. The van der Waals surface area contributed by atoms with Crippen LogP contribution in [0.1, 0.15) is 16.7 Å². The van der Waals surface area contributed by atoms with Gasteiger partial charge >= 0.3 is 0 Å². The van der Waals surface area contributed by atoms with Gasteiger partial charge in [-0.2, -0.15) is 0 Å². The van der Waals surface area contributed by atoms with Gasteiger partial charge in [-0.3, -0.25) is 9.10 Å². The van der Waals surface area contributed by atoms with Gasteiger partial charge in [0.05, 0.1) is 11.9 Å². The first-order valence-electron chi connectivity index (χ1n) is 8.02. The molecule has 0 unspecified atom stereocenters. The van der Waals surface area contributed by atoms with Crippen molar-refractivity contribution in [3.8, 4) is 0 Å². The number of hydrogen-bond acceptors (Lipinski definition) is 3. The molecule has 0 N–H and O–H groups in total. The van der Waals surface area contributed by atoms with E-state index in [1.165, 1.54) is 4.31 Å². The Balaban J connectivity index is 2.25. The van der Waals surface area contributed by atoms with Crippen LogP contribution in [0.15, 0.2) is 48.5 Å². The highest BCUT2D eigenvalue weighted by Crippen LogP contribution is 2.26. The van der Waals surface area contributed by atoms with Gasteiger partial charge in [-0.15, -0.1) is 0 Å². The molecule has 0 aromatic heterocycles. The van der Waals surface area contributed by atoms with Crippen molar-refractivity contribution in [2.24, 2.45) is 0 Å². The molecule has 2 aromatic rings. The van der Waals surface area contributed by atoms with Crippen LogP contribution in [0.4, 0.5) is 5.69 Å². The number of carbonyl (C=O) groups is 1. The van der Waals surface area contributed by atoms with Crippen molar-refractivity contribution < 1.29 is 13.2 Å². The maximum absolute atomic E-state index is 12.6. The van der Waals surface area contributed by atoms with Crippen molar-refractivity contribution in [3.63, 3.8) is 0 Å². The Morgan fingerprint density at radius 2 is 1.52 bits per heavy atom. The largest absolute Gasteiger partial charge is 0.340 e. The van der Waals surface area contributed by atoms with Crippen LogP contribution in [0.3, 0.4) is 0 Å². The van der Waals surface area contributed by atoms with Crippen LogP contribution < -0.4 is 4.31 Å². The molecular weight excluding hydrogens is 336 g/mol. The molecule has 0 atom stereocenters. The van der Waals surface area contributed by atoms with E-state index in [0.717, 1.165) is 22.9 Å². The highest BCUT2D eigenvalue weighted by Gasteiger charge is 2.25. The maximum atomic E-state index is 12.6. The van der Waals surface area contributed by atoms with Crippen molar-refractivity contribution >= 4 is 21.6 Å². The van der Waals surface area contributed by atoms with Crippen LogP contribution in [-0.2, 0) is 21.4 Å². The molecule has 134 valence electrons. The van der Waals surface area contributed by atoms with Crippen LogP contribution in [0.25, 0.3) is 0 Å². The van der Waals surface area contributed by atoms with Gasteiger partial charge in [0.25, 0.3) is 0 Å². The molecule has 5 nitrogen and oxygen atoms in total. The van der Waals surface area contributed by atoms with Gasteiger partial charge in [0, 0.05) is 13.6 Å². The summed E-state index contributed by atoms with van der Waals surface area (Å²) < 4.78 is 25.8.